The molecular weight excluding hydrogens is 320 g/mol. The molecular formula is C24H20S. The second kappa shape index (κ2) is 5.86. The smallest absolute Gasteiger partial charge is 0.0361 e. The van der Waals surface area contributed by atoms with Crippen LogP contribution in [0.1, 0.15) is 25.3 Å². The highest BCUT2D eigenvalue weighted by Gasteiger charge is 2.10. The zero-order chi connectivity index (χ0) is 16.8. The van der Waals surface area contributed by atoms with Gasteiger partial charge >= 0.3 is 0 Å². The van der Waals surface area contributed by atoms with Crippen LogP contribution >= 0.6 is 11.3 Å². The number of hydrogen-bond donors (Lipinski definition) is 0. The van der Waals surface area contributed by atoms with Gasteiger partial charge in [0, 0.05) is 20.2 Å². The molecule has 0 spiro atoms. The maximum Gasteiger partial charge on any atom is 0.0361 e. The molecule has 0 aliphatic heterocycles. The van der Waals surface area contributed by atoms with Gasteiger partial charge in [0.2, 0.25) is 0 Å². The van der Waals surface area contributed by atoms with Gasteiger partial charge in [-0.05, 0) is 52.1 Å². The lowest BCUT2D eigenvalue weighted by molar-refractivity contribution is 0.796. The Morgan fingerprint density at radius 3 is 2.48 bits per heavy atom. The molecule has 0 saturated carbocycles. The van der Waals surface area contributed by atoms with Crippen molar-refractivity contribution < 1.29 is 0 Å². The zero-order valence-electron chi connectivity index (χ0n) is 14.4. The van der Waals surface area contributed by atoms with Crippen molar-refractivity contribution in [3.8, 4) is 0 Å². The predicted molar refractivity (Wildman–Crippen MR) is 113 cm³/mol. The van der Waals surface area contributed by atoms with E-state index in [4.69, 9.17) is 0 Å². The van der Waals surface area contributed by atoms with E-state index in [9.17, 15) is 0 Å². The first-order valence-corrected chi connectivity index (χ1v) is 9.92. The van der Waals surface area contributed by atoms with Crippen molar-refractivity contribution in [1.82, 2.24) is 0 Å². The monoisotopic (exact) mass is 340 g/mol. The standard InChI is InChI=1S/C24H20S/c1-2-3-6-16-9-11-18-17(15-16)10-12-20-19(18)13-14-23-24(20)21-7-4-5-8-22(21)25-23/h4-5,7-15H,2-3,6H2,1H3. The Morgan fingerprint density at radius 1 is 0.720 bits per heavy atom. The zero-order valence-corrected chi connectivity index (χ0v) is 15.2. The summed E-state index contributed by atoms with van der Waals surface area (Å²) in [6.45, 7) is 2.25. The maximum absolute atomic E-state index is 2.38. The van der Waals surface area contributed by atoms with Gasteiger partial charge in [-0.1, -0.05) is 67.9 Å². The molecule has 4 aromatic carbocycles. The molecule has 0 aliphatic rings. The molecule has 1 aromatic heterocycles. The molecule has 1 heterocycles. The van der Waals surface area contributed by atoms with E-state index in [1.807, 2.05) is 11.3 Å². The largest absolute Gasteiger partial charge is 0.135 e. The van der Waals surface area contributed by atoms with Crippen LogP contribution in [0.2, 0.25) is 0 Å². The second-order valence-corrected chi connectivity index (χ2v) is 7.94. The first-order valence-electron chi connectivity index (χ1n) is 9.11. The summed E-state index contributed by atoms with van der Waals surface area (Å²) in [6.07, 6.45) is 3.69. The van der Waals surface area contributed by atoms with E-state index in [2.05, 4.69) is 73.7 Å². The average molecular weight is 340 g/mol. The molecule has 5 rings (SSSR count). The van der Waals surface area contributed by atoms with Crippen LogP contribution in [0.25, 0.3) is 41.7 Å². The van der Waals surface area contributed by atoms with Gasteiger partial charge in [0.15, 0.2) is 0 Å². The van der Waals surface area contributed by atoms with Crippen LogP contribution in [0.5, 0.6) is 0 Å². The third-order valence-electron chi connectivity index (χ3n) is 5.24. The Kier molecular flexibility index (Phi) is 3.50. The molecule has 1 heteroatoms. The van der Waals surface area contributed by atoms with Gasteiger partial charge in [0.25, 0.3) is 0 Å². The fourth-order valence-corrected chi connectivity index (χ4v) is 5.08. The van der Waals surface area contributed by atoms with Crippen LogP contribution in [0.4, 0.5) is 0 Å². The molecule has 0 aliphatic carbocycles. The van der Waals surface area contributed by atoms with Gasteiger partial charge < -0.3 is 0 Å². The van der Waals surface area contributed by atoms with Gasteiger partial charge in [-0.25, -0.2) is 0 Å². The van der Waals surface area contributed by atoms with Crippen LogP contribution in [0.15, 0.2) is 66.7 Å². The van der Waals surface area contributed by atoms with E-state index in [1.54, 1.807) is 0 Å². The van der Waals surface area contributed by atoms with Crippen molar-refractivity contribution in [3.05, 3.63) is 72.3 Å². The SMILES string of the molecule is CCCCc1ccc2c(ccc3c2ccc2sc4ccccc4c23)c1. The number of hydrogen-bond acceptors (Lipinski definition) is 1. The molecule has 0 nitrogen and oxygen atoms in total. The predicted octanol–water partition coefficient (Wildman–Crippen LogP) is 7.70. The van der Waals surface area contributed by atoms with Crippen LogP contribution in [0, 0.1) is 0 Å². The molecule has 25 heavy (non-hydrogen) atoms. The van der Waals surface area contributed by atoms with Crippen molar-refractivity contribution in [2.75, 3.05) is 0 Å². The molecule has 122 valence electrons. The Bertz CT molecular complexity index is 1230. The normalized spacial score (nSPS) is 11.9. The fourth-order valence-electron chi connectivity index (χ4n) is 3.96. The Balaban J connectivity index is 1.82. The molecule has 0 N–H and O–H groups in total. The van der Waals surface area contributed by atoms with E-state index in [0.29, 0.717) is 0 Å². The van der Waals surface area contributed by atoms with Crippen LogP contribution < -0.4 is 0 Å². The van der Waals surface area contributed by atoms with E-state index < -0.39 is 0 Å². The fraction of sp³-hybridized carbons (Fsp3) is 0.167. The molecule has 0 amide bonds. The number of rotatable bonds is 3. The number of thiophene rings is 1. The van der Waals surface area contributed by atoms with Crippen molar-refractivity contribution >= 4 is 53.1 Å². The Morgan fingerprint density at radius 2 is 1.56 bits per heavy atom. The van der Waals surface area contributed by atoms with Gasteiger partial charge in [-0.2, -0.15) is 0 Å². The van der Waals surface area contributed by atoms with Gasteiger partial charge in [-0.15, -0.1) is 11.3 Å². The Hall–Kier alpha value is -2.38. The third-order valence-corrected chi connectivity index (χ3v) is 6.37. The summed E-state index contributed by atoms with van der Waals surface area (Å²) in [5.74, 6) is 0. The van der Waals surface area contributed by atoms with Crippen LogP contribution in [0.3, 0.4) is 0 Å². The van der Waals surface area contributed by atoms with Crippen molar-refractivity contribution in [1.29, 1.82) is 0 Å². The molecule has 0 unspecified atom stereocenters. The summed E-state index contributed by atoms with van der Waals surface area (Å²) in [4.78, 5) is 0. The average Bonchev–Trinajstić information content (AvgIpc) is 3.04. The van der Waals surface area contributed by atoms with E-state index in [-0.39, 0.29) is 0 Å². The number of unbranched alkanes of at least 4 members (excludes halogenated alkanes) is 1. The van der Waals surface area contributed by atoms with Crippen molar-refractivity contribution in [3.63, 3.8) is 0 Å². The lowest BCUT2D eigenvalue weighted by Gasteiger charge is -2.08. The molecule has 0 saturated heterocycles. The Labute approximate surface area is 151 Å². The minimum atomic E-state index is 1.18. The van der Waals surface area contributed by atoms with E-state index in [1.165, 1.54) is 66.5 Å². The van der Waals surface area contributed by atoms with Gasteiger partial charge in [0.05, 0.1) is 0 Å². The topological polar surface area (TPSA) is 0 Å². The van der Waals surface area contributed by atoms with Crippen LogP contribution in [-0.4, -0.2) is 0 Å². The number of aryl methyl sites for hydroxylation is 1. The van der Waals surface area contributed by atoms with Crippen molar-refractivity contribution in [2.24, 2.45) is 0 Å². The second-order valence-electron chi connectivity index (χ2n) is 6.86. The highest BCUT2D eigenvalue weighted by Crippen LogP contribution is 2.40. The highest BCUT2D eigenvalue weighted by atomic mass is 32.1. The summed E-state index contributed by atoms with van der Waals surface area (Å²) in [5.41, 5.74) is 1.45. The van der Waals surface area contributed by atoms with Crippen molar-refractivity contribution in [2.45, 2.75) is 26.2 Å². The number of fused-ring (bicyclic) bond motifs is 7. The summed E-state index contributed by atoms with van der Waals surface area (Å²) < 4.78 is 2.76. The minimum absolute atomic E-state index is 1.18. The lowest BCUT2D eigenvalue weighted by atomic mass is 9.96. The maximum atomic E-state index is 2.38. The van der Waals surface area contributed by atoms with Gasteiger partial charge in [-0.3, -0.25) is 0 Å². The highest BCUT2D eigenvalue weighted by molar-refractivity contribution is 7.26. The third kappa shape index (κ3) is 2.34. The van der Waals surface area contributed by atoms with E-state index in [0.717, 1.165) is 0 Å². The number of benzene rings is 4. The molecule has 0 atom stereocenters. The summed E-state index contributed by atoms with van der Waals surface area (Å²) in [5, 5.41) is 8.27. The first-order chi connectivity index (χ1) is 12.3. The minimum Gasteiger partial charge on any atom is -0.135 e. The quantitative estimate of drug-likeness (QED) is 0.295. The first kappa shape index (κ1) is 14.9. The van der Waals surface area contributed by atoms with Gasteiger partial charge in [0.1, 0.15) is 0 Å². The summed E-state index contributed by atoms with van der Waals surface area (Å²) in [7, 11) is 0. The summed E-state index contributed by atoms with van der Waals surface area (Å²) >= 11 is 1.89. The molecule has 5 aromatic rings. The molecule has 0 bridgehead atoms. The van der Waals surface area contributed by atoms with Crippen LogP contribution in [-0.2, 0) is 6.42 Å². The molecule has 0 radical (unpaired) electrons. The molecule has 0 fully saturated rings. The lowest BCUT2D eigenvalue weighted by Crippen LogP contribution is -1.86. The summed E-state index contributed by atoms with van der Waals surface area (Å²) in [6, 6.07) is 25.0. The van der Waals surface area contributed by atoms with E-state index >= 15 is 0 Å².